The van der Waals surface area contributed by atoms with Crippen LogP contribution < -0.4 is 4.74 Å². The van der Waals surface area contributed by atoms with Crippen molar-refractivity contribution in [3.8, 4) is 5.75 Å². The summed E-state index contributed by atoms with van der Waals surface area (Å²) >= 11 is 0. The molecule has 1 amide bonds. The summed E-state index contributed by atoms with van der Waals surface area (Å²) in [4.78, 5) is 14.8. The van der Waals surface area contributed by atoms with E-state index in [4.69, 9.17) is 13.6 Å². The fourth-order valence-corrected chi connectivity index (χ4v) is 5.33. The fraction of sp³-hybridized carbons (Fsp3) is 0.350. The molecular weight excluding hydrogens is 382 g/mol. The zero-order valence-corrected chi connectivity index (χ0v) is 16.3. The SMILES string of the molecule is COc1ccc2occ(CC(=O)N(Cc3ccco3)C3CCS(=O)(=O)C3)c2c1. The van der Waals surface area contributed by atoms with E-state index in [1.807, 2.05) is 6.07 Å². The molecule has 3 aromatic rings. The molecule has 0 saturated carbocycles. The number of nitrogens with zero attached hydrogens (tertiary/aromatic N) is 1. The average molecular weight is 403 g/mol. The van der Waals surface area contributed by atoms with Crippen LogP contribution in [0.5, 0.6) is 5.75 Å². The number of ether oxygens (including phenoxy) is 1. The zero-order chi connectivity index (χ0) is 19.7. The van der Waals surface area contributed by atoms with Crippen LogP contribution in [0.2, 0.25) is 0 Å². The van der Waals surface area contributed by atoms with Crippen LogP contribution in [-0.2, 0) is 27.6 Å². The minimum absolute atomic E-state index is 0.0145. The third kappa shape index (κ3) is 3.77. The van der Waals surface area contributed by atoms with Crippen molar-refractivity contribution in [2.45, 2.75) is 25.4 Å². The van der Waals surface area contributed by atoms with Crippen LogP contribution in [0.3, 0.4) is 0 Å². The number of rotatable bonds is 6. The van der Waals surface area contributed by atoms with Crippen LogP contribution in [0, 0.1) is 0 Å². The van der Waals surface area contributed by atoms with Gasteiger partial charge >= 0.3 is 0 Å². The molecule has 0 N–H and O–H groups in total. The maximum atomic E-state index is 13.1. The van der Waals surface area contributed by atoms with Gasteiger partial charge in [-0.25, -0.2) is 8.42 Å². The normalized spacial score (nSPS) is 18.4. The van der Waals surface area contributed by atoms with Gasteiger partial charge in [-0.2, -0.15) is 0 Å². The Morgan fingerprint density at radius 3 is 2.82 bits per heavy atom. The molecule has 7 nitrogen and oxygen atoms in total. The van der Waals surface area contributed by atoms with Crippen molar-refractivity contribution >= 4 is 26.7 Å². The first-order valence-corrected chi connectivity index (χ1v) is 10.8. The lowest BCUT2D eigenvalue weighted by Crippen LogP contribution is -2.41. The first-order chi connectivity index (χ1) is 13.4. The molecule has 0 spiro atoms. The van der Waals surface area contributed by atoms with Crippen molar-refractivity contribution in [1.29, 1.82) is 0 Å². The number of hydrogen-bond acceptors (Lipinski definition) is 6. The number of methoxy groups -OCH3 is 1. The summed E-state index contributed by atoms with van der Waals surface area (Å²) in [6, 6.07) is 8.60. The Balaban J connectivity index is 1.60. The van der Waals surface area contributed by atoms with E-state index in [9.17, 15) is 13.2 Å². The van der Waals surface area contributed by atoms with E-state index in [1.165, 1.54) is 0 Å². The fourth-order valence-electron chi connectivity index (χ4n) is 3.60. The highest BCUT2D eigenvalue weighted by atomic mass is 32.2. The Labute approximate surface area is 162 Å². The molecule has 1 aromatic carbocycles. The van der Waals surface area contributed by atoms with Crippen molar-refractivity contribution in [2.24, 2.45) is 0 Å². The first kappa shape index (κ1) is 18.6. The topological polar surface area (TPSA) is 90.0 Å². The number of amides is 1. The number of hydrogen-bond donors (Lipinski definition) is 0. The van der Waals surface area contributed by atoms with Gasteiger partial charge < -0.3 is 18.5 Å². The van der Waals surface area contributed by atoms with E-state index in [0.717, 1.165) is 10.9 Å². The molecule has 0 radical (unpaired) electrons. The second-order valence-corrected chi connectivity index (χ2v) is 9.19. The number of benzene rings is 1. The summed E-state index contributed by atoms with van der Waals surface area (Å²) in [5.41, 5.74) is 1.41. The van der Waals surface area contributed by atoms with Crippen molar-refractivity contribution < 1.29 is 26.8 Å². The van der Waals surface area contributed by atoms with Gasteiger partial charge in [-0.1, -0.05) is 0 Å². The van der Waals surface area contributed by atoms with Gasteiger partial charge in [-0.05, 0) is 36.8 Å². The Morgan fingerprint density at radius 1 is 1.29 bits per heavy atom. The summed E-state index contributed by atoms with van der Waals surface area (Å²) < 4.78 is 40.1. The first-order valence-electron chi connectivity index (χ1n) is 9.01. The molecule has 1 unspecified atom stereocenters. The minimum atomic E-state index is -3.12. The maximum absolute atomic E-state index is 13.1. The second kappa shape index (κ2) is 7.35. The van der Waals surface area contributed by atoms with Crippen molar-refractivity contribution in [2.75, 3.05) is 18.6 Å². The van der Waals surface area contributed by atoms with E-state index in [0.29, 0.717) is 23.5 Å². The molecule has 1 saturated heterocycles. The summed E-state index contributed by atoms with van der Waals surface area (Å²) in [7, 11) is -1.54. The van der Waals surface area contributed by atoms with Crippen molar-refractivity contribution in [3.63, 3.8) is 0 Å². The van der Waals surface area contributed by atoms with Crippen molar-refractivity contribution in [1.82, 2.24) is 4.90 Å². The van der Waals surface area contributed by atoms with E-state index < -0.39 is 9.84 Å². The quantitative estimate of drug-likeness (QED) is 0.629. The van der Waals surface area contributed by atoms with Gasteiger partial charge in [0, 0.05) is 17.0 Å². The summed E-state index contributed by atoms with van der Waals surface area (Å²) in [6.07, 6.45) is 3.66. The lowest BCUT2D eigenvalue weighted by atomic mass is 10.1. The van der Waals surface area contributed by atoms with Crippen LogP contribution >= 0.6 is 0 Å². The predicted octanol–water partition coefficient (Wildman–Crippen LogP) is 2.79. The van der Waals surface area contributed by atoms with E-state index in [2.05, 4.69) is 0 Å². The predicted molar refractivity (Wildman–Crippen MR) is 103 cm³/mol. The van der Waals surface area contributed by atoms with Crippen molar-refractivity contribution in [3.05, 3.63) is 54.2 Å². The van der Waals surface area contributed by atoms with Gasteiger partial charge in [-0.15, -0.1) is 0 Å². The number of sulfone groups is 1. The number of carbonyl (C=O) groups is 1. The molecule has 3 heterocycles. The lowest BCUT2D eigenvalue weighted by molar-refractivity contribution is -0.133. The third-order valence-corrected chi connectivity index (χ3v) is 6.83. The van der Waals surface area contributed by atoms with E-state index in [1.54, 1.807) is 48.8 Å². The van der Waals surface area contributed by atoms with Crippen LogP contribution in [0.15, 0.2) is 51.7 Å². The van der Waals surface area contributed by atoms with E-state index in [-0.39, 0.29) is 36.4 Å². The number of furan rings is 2. The lowest BCUT2D eigenvalue weighted by Gasteiger charge is -2.27. The molecule has 148 valence electrons. The molecule has 1 aliphatic heterocycles. The van der Waals surface area contributed by atoms with E-state index >= 15 is 0 Å². The summed E-state index contributed by atoms with van der Waals surface area (Å²) in [5, 5.41) is 0.810. The smallest absolute Gasteiger partial charge is 0.227 e. The Bertz CT molecular complexity index is 1080. The highest BCUT2D eigenvalue weighted by Crippen LogP contribution is 2.28. The highest BCUT2D eigenvalue weighted by Gasteiger charge is 2.35. The van der Waals surface area contributed by atoms with Gasteiger partial charge in [0.15, 0.2) is 9.84 Å². The molecular formula is C20H21NO6S. The molecule has 1 aliphatic rings. The molecule has 4 rings (SSSR count). The monoisotopic (exact) mass is 403 g/mol. The summed E-state index contributed by atoms with van der Waals surface area (Å²) in [5.74, 6) is 1.22. The zero-order valence-electron chi connectivity index (χ0n) is 15.5. The van der Waals surface area contributed by atoms with Crippen LogP contribution in [-0.4, -0.2) is 43.9 Å². The molecule has 0 aliphatic carbocycles. The molecule has 0 bridgehead atoms. The number of carbonyl (C=O) groups excluding carboxylic acids is 1. The van der Waals surface area contributed by atoms with Gasteiger partial charge in [0.2, 0.25) is 5.91 Å². The van der Waals surface area contributed by atoms with Crippen LogP contribution in [0.1, 0.15) is 17.7 Å². The minimum Gasteiger partial charge on any atom is -0.497 e. The van der Waals surface area contributed by atoms with Gasteiger partial charge in [0.1, 0.15) is 17.1 Å². The second-order valence-electron chi connectivity index (χ2n) is 6.96. The molecule has 1 fully saturated rings. The number of fused-ring (bicyclic) bond motifs is 1. The molecule has 1 atom stereocenters. The highest BCUT2D eigenvalue weighted by molar-refractivity contribution is 7.91. The largest absolute Gasteiger partial charge is 0.497 e. The Kier molecular flexibility index (Phi) is 4.89. The van der Waals surface area contributed by atoms with Crippen LogP contribution in [0.25, 0.3) is 11.0 Å². The molecule has 8 heteroatoms. The molecule has 2 aromatic heterocycles. The van der Waals surface area contributed by atoms with Crippen LogP contribution in [0.4, 0.5) is 0 Å². The summed E-state index contributed by atoms with van der Waals surface area (Å²) in [6.45, 7) is 0.241. The molecule has 28 heavy (non-hydrogen) atoms. The van der Waals surface area contributed by atoms with Gasteiger partial charge in [0.05, 0.1) is 44.1 Å². The average Bonchev–Trinajstić information content (AvgIpc) is 3.40. The van der Waals surface area contributed by atoms with Gasteiger partial charge in [-0.3, -0.25) is 4.79 Å². The Hall–Kier alpha value is -2.74. The third-order valence-electron chi connectivity index (χ3n) is 5.08. The maximum Gasteiger partial charge on any atom is 0.227 e. The van der Waals surface area contributed by atoms with Gasteiger partial charge in [0.25, 0.3) is 0 Å². The Morgan fingerprint density at radius 2 is 2.14 bits per heavy atom. The standard InChI is InChI=1S/C20H21NO6S/c1-25-16-4-5-19-18(10-16)14(12-27-19)9-20(22)21(11-17-3-2-7-26-17)15-6-8-28(23,24)13-15/h2-5,7,10,12,15H,6,8-9,11,13H2,1H3.